The summed E-state index contributed by atoms with van der Waals surface area (Å²) < 4.78 is 15.4. The number of carbonyl (C=O) groups is 1. The van der Waals surface area contributed by atoms with Crippen LogP contribution in [0.1, 0.15) is 18.0 Å². The Morgan fingerprint density at radius 2 is 2.00 bits per heavy atom. The van der Waals surface area contributed by atoms with Gasteiger partial charge in [-0.2, -0.15) is 0 Å². The fourth-order valence-corrected chi connectivity index (χ4v) is 2.49. The van der Waals surface area contributed by atoms with Crippen LogP contribution in [0.2, 0.25) is 0 Å². The van der Waals surface area contributed by atoms with Crippen LogP contribution in [0.3, 0.4) is 0 Å². The van der Waals surface area contributed by atoms with Gasteiger partial charge in [0, 0.05) is 18.6 Å². The van der Waals surface area contributed by atoms with Gasteiger partial charge in [-0.25, -0.2) is 4.39 Å². The van der Waals surface area contributed by atoms with Crippen molar-refractivity contribution in [1.29, 1.82) is 0 Å². The Morgan fingerprint density at radius 3 is 2.70 bits per heavy atom. The SMILES string of the molecule is O=C(C[C@@H](c1cccc(F)c1)n1cccc1)Nc1cccnc1. The van der Waals surface area contributed by atoms with Crippen molar-refractivity contribution < 1.29 is 9.18 Å². The van der Waals surface area contributed by atoms with E-state index in [1.807, 2.05) is 35.2 Å². The Morgan fingerprint density at radius 1 is 1.17 bits per heavy atom. The van der Waals surface area contributed by atoms with Crippen molar-refractivity contribution in [2.24, 2.45) is 0 Å². The Hall–Kier alpha value is -2.95. The number of amides is 1. The normalized spacial score (nSPS) is 11.9. The van der Waals surface area contributed by atoms with Crippen LogP contribution in [-0.2, 0) is 4.79 Å². The number of hydrogen-bond donors (Lipinski definition) is 1. The van der Waals surface area contributed by atoms with Gasteiger partial charge in [0.15, 0.2) is 0 Å². The largest absolute Gasteiger partial charge is 0.346 e. The summed E-state index contributed by atoms with van der Waals surface area (Å²) in [6, 6.07) is 13.4. The molecule has 4 nitrogen and oxygen atoms in total. The predicted octanol–water partition coefficient (Wildman–Crippen LogP) is 3.64. The van der Waals surface area contributed by atoms with E-state index in [0.717, 1.165) is 5.56 Å². The lowest BCUT2D eigenvalue weighted by atomic mass is 10.0. The Labute approximate surface area is 133 Å². The van der Waals surface area contributed by atoms with Crippen LogP contribution in [0.25, 0.3) is 0 Å². The number of rotatable bonds is 5. The third-order valence-corrected chi connectivity index (χ3v) is 3.54. The van der Waals surface area contributed by atoms with E-state index in [4.69, 9.17) is 0 Å². The van der Waals surface area contributed by atoms with Crippen LogP contribution >= 0.6 is 0 Å². The molecule has 1 aromatic carbocycles. The standard InChI is InChI=1S/C18H16FN3O/c19-15-6-3-5-14(11-15)17(22-9-1-2-10-22)12-18(23)21-16-7-4-8-20-13-16/h1-11,13,17H,12H2,(H,21,23)/t17-/m0/s1. The lowest BCUT2D eigenvalue weighted by Crippen LogP contribution is -2.19. The van der Waals surface area contributed by atoms with E-state index in [2.05, 4.69) is 10.3 Å². The first-order chi connectivity index (χ1) is 11.2. The molecule has 2 aromatic heterocycles. The lowest BCUT2D eigenvalue weighted by molar-refractivity contribution is -0.116. The molecule has 0 aliphatic carbocycles. The van der Waals surface area contributed by atoms with Crippen LogP contribution in [0.4, 0.5) is 10.1 Å². The molecular formula is C18H16FN3O. The Kier molecular flexibility index (Phi) is 4.47. The van der Waals surface area contributed by atoms with Gasteiger partial charge in [-0.1, -0.05) is 12.1 Å². The summed E-state index contributed by atoms with van der Waals surface area (Å²) in [5.74, 6) is -0.465. The van der Waals surface area contributed by atoms with Crippen LogP contribution in [0, 0.1) is 5.82 Å². The number of hydrogen-bond acceptors (Lipinski definition) is 2. The highest BCUT2D eigenvalue weighted by molar-refractivity contribution is 5.91. The van der Waals surface area contributed by atoms with Crippen LogP contribution in [0.5, 0.6) is 0 Å². The maximum Gasteiger partial charge on any atom is 0.226 e. The molecule has 0 saturated carbocycles. The number of pyridine rings is 1. The van der Waals surface area contributed by atoms with Gasteiger partial charge in [0.1, 0.15) is 5.82 Å². The number of anilines is 1. The molecule has 0 aliphatic rings. The average Bonchev–Trinajstić information content (AvgIpc) is 3.08. The fraction of sp³-hybridized carbons (Fsp3) is 0.111. The summed E-state index contributed by atoms with van der Waals surface area (Å²) in [7, 11) is 0. The molecule has 1 N–H and O–H groups in total. The zero-order chi connectivity index (χ0) is 16.1. The van der Waals surface area contributed by atoms with Gasteiger partial charge >= 0.3 is 0 Å². The van der Waals surface area contributed by atoms with E-state index in [1.54, 1.807) is 30.6 Å². The van der Waals surface area contributed by atoms with Crippen molar-refractivity contribution in [1.82, 2.24) is 9.55 Å². The van der Waals surface area contributed by atoms with Crippen molar-refractivity contribution in [2.45, 2.75) is 12.5 Å². The minimum Gasteiger partial charge on any atom is -0.346 e. The highest BCUT2D eigenvalue weighted by Gasteiger charge is 2.18. The molecule has 0 bridgehead atoms. The Balaban J connectivity index is 1.81. The molecule has 0 radical (unpaired) electrons. The number of nitrogens with zero attached hydrogens (tertiary/aromatic N) is 2. The van der Waals surface area contributed by atoms with Crippen LogP contribution in [0.15, 0.2) is 73.3 Å². The van der Waals surface area contributed by atoms with E-state index in [-0.39, 0.29) is 24.2 Å². The molecular weight excluding hydrogens is 293 g/mol. The van der Waals surface area contributed by atoms with E-state index in [1.165, 1.54) is 12.1 Å². The van der Waals surface area contributed by atoms with E-state index in [9.17, 15) is 9.18 Å². The van der Waals surface area contributed by atoms with E-state index < -0.39 is 0 Å². The predicted molar refractivity (Wildman–Crippen MR) is 86.5 cm³/mol. The highest BCUT2D eigenvalue weighted by atomic mass is 19.1. The molecule has 3 aromatic rings. The first-order valence-electron chi connectivity index (χ1n) is 7.30. The zero-order valence-electron chi connectivity index (χ0n) is 12.4. The van der Waals surface area contributed by atoms with E-state index in [0.29, 0.717) is 5.69 Å². The summed E-state index contributed by atoms with van der Waals surface area (Å²) in [5.41, 5.74) is 1.39. The second-order valence-corrected chi connectivity index (χ2v) is 5.20. The molecule has 0 aliphatic heterocycles. The number of halogens is 1. The lowest BCUT2D eigenvalue weighted by Gasteiger charge is -2.19. The maximum absolute atomic E-state index is 13.5. The van der Waals surface area contributed by atoms with Gasteiger partial charge < -0.3 is 9.88 Å². The number of aromatic nitrogens is 2. The molecule has 116 valence electrons. The summed E-state index contributed by atoms with van der Waals surface area (Å²) in [6.45, 7) is 0. The van der Waals surface area contributed by atoms with Gasteiger partial charge in [-0.15, -0.1) is 0 Å². The molecule has 2 heterocycles. The van der Waals surface area contributed by atoms with Gasteiger partial charge in [-0.05, 0) is 42.0 Å². The zero-order valence-corrected chi connectivity index (χ0v) is 12.4. The van der Waals surface area contributed by atoms with Crippen molar-refractivity contribution in [3.8, 4) is 0 Å². The highest BCUT2D eigenvalue weighted by Crippen LogP contribution is 2.23. The second kappa shape index (κ2) is 6.87. The minimum absolute atomic E-state index is 0.152. The topological polar surface area (TPSA) is 46.9 Å². The molecule has 0 fully saturated rings. The molecule has 1 atom stereocenters. The summed E-state index contributed by atoms with van der Waals surface area (Å²) in [6.07, 6.45) is 7.17. The first kappa shape index (κ1) is 15.0. The van der Waals surface area contributed by atoms with Gasteiger partial charge in [0.05, 0.1) is 24.3 Å². The third kappa shape index (κ3) is 3.83. The molecule has 5 heteroatoms. The summed E-state index contributed by atoms with van der Waals surface area (Å²) in [5, 5.41) is 2.81. The van der Waals surface area contributed by atoms with Gasteiger partial charge in [-0.3, -0.25) is 9.78 Å². The molecule has 0 unspecified atom stereocenters. The second-order valence-electron chi connectivity index (χ2n) is 5.20. The van der Waals surface area contributed by atoms with Crippen molar-refractivity contribution in [3.05, 3.63) is 84.7 Å². The fourth-order valence-electron chi connectivity index (χ4n) is 2.49. The number of nitrogens with one attached hydrogen (secondary N) is 1. The average molecular weight is 309 g/mol. The quantitative estimate of drug-likeness (QED) is 0.782. The maximum atomic E-state index is 13.5. The smallest absolute Gasteiger partial charge is 0.226 e. The van der Waals surface area contributed by atoms with Crippen LogP contribution < -0.4 is 5.32 Å². The molecule has 1 amide bonds. The first-order valence-corrected chi connectivity index (χ1v) is 7.30. The van der Waals surface area contributed by atoms with Crippen molar-refractivity contribution >= 4 is 11.6 Å². The summed E-state index contributed by atoms with van der Waals surface area (Å²) in [4.78, 5) is 16.3. The molecule has 0 saturated heterocycles. The third-order valence-electron chi connectivity index (χ3n) is 3.54. The van der Waals surface area contributed by atoms with Gasteiger partial charge in [0.25, 0.3) is 0 Å². The monoisotopic (exact) mass is 309 g/mol. The Bertz CT molecular complexity index is 772. The van der Waals surface area contributed by atoms with Crippen molar-refractivity contribution in [2.75, 3.05) is 5.32 Å². The van der Waals surface area contributed by atoms with E-state index >= 15 is 0 Å². The van der Waals surface area contributed by atoms with Gasteiger partial charge in [0.2, 0.25) is 5.91 Å². The molecule has 23 heavy (non-hydrogen) atoms. The van der Waals surface area contributed by atoms with Crippen molar-refractivity contribution in [3.63, 3.8) is 0 Å². The molecule has 0 spiro atoms. The minimum atomic E-state index is -0.313. The van der Waals surface area contributed by atoms with Crippen LogP contribution in [-0.4, -0.2) is 15.5 Å². The number of benzene rings is 1. The molecule has 3 rings (SSSR count). The number of carbonyl (C=O) groups excluding carboxylic acids is 1. The summed E-state index contributed by atoms with van der Waals surface area (Å²) >= 11 is 0.